The number of fused-ring (bicyclic) bond motifs is 1. The second-order valence-electron chi connectivity index (χ2n) is 2.61. The Kier molecular flexibility index (Phi) is 1.98. The first-order valence-corrected chi connectivity index (χ1v) is 3.74. The molecule has 2 nitrogen and oxygen atoms in total. The normalized spacial score (nSPS) is 14.3. The monoisotopic (exact) mass is 208 g/mol. The second kappa shape index (κ2) is 3.04. The SMILES string of the molecule is Fc1c(F)c(F)c2c(c1F)OCCO2. The van der Waals surface area contributed by atoms with Crippen LogP contribution in [0.25, 0.3) is 0 Å². The van der Waals surface area contributed by atoms with Crippen molar-refractivity contribution in [3.63, 3.8) is 0 Å². The third-order valence-corrected chi connectivity index (χ3v) is 1.76. The summed E-state index contributed by atoms with van der Waals surface area (Å²) in [5.41, 5.74) is 0. The minimum absolute atomic E-state index is 0.0333. The summed E-state index contributed by atoms with van der Waals surface area (Å²) >= 11 is 0. The molecule has 1 aromatic carbocycles. The van der Waals surface area contributed by atoms with E-state index in [2.05, 4.69) is 9.47 Å². The third-order valence-electron chi connectivity index (χ3n) is 1.76. The molecule has 2 rings (SSSR count). The van der Waals surface area contributed by atoms with Gasteiger partial charge >= 0.3 is 0 Å². The minimum Gasteiger partial charge on any atom is -0.483 e. The van der Waals surface area contributed by atoms with E-state index < -0.39 is 34.8 Å². The Bertz CT molecular complexity index is 355. The maximum Gasteiger partial charge on any atom is 0.207 e. The molecular formula is C8H4F4O2. The summed E-state index contributed by atoms with van der Waals surface area (Å²) in [7, 11) is 0. The van der Waals surface area contributed by atoms with E-state index in [1.807, 2.05) is 0 Å². The molecule has 1 aromatic rings. The summed E-state index contributed by atoms with van der Waals surface area (Å²) in [4.78, 5) is 0. The summed E-state index contributed by atoms with van der Waals surface area (Å²) in [5, 5.41) is 0. The van der Waals surface area contributed by atoms with Gasteiger partial charge in [0.2, 0.25) is 34.8 Å². The van der Waals surface area contributed by atoms with Crippen molar-refractivity contribution in [3.8, 4) is 11.5 Å². The van der Waals surface area contributed by atoms with E-state index in [1.54, 1.807) is 0 Å². The van der Waals surface area contributed by atoms with E-state index in [0.29, 0.717) is 0 Å². The van der Waals surface area contributed by atoms with Crippen molar-refractivity contribution in [2.75, 3.05) is 13.2 Å². The molecule has 1 aliphatic heterocycles. The maximum absolute atomic E-state index is 12.9. The summed E-state index contributed by atoms with van der Waals surface area (Å²) in [6.07, 6.45) is 0. The fourth-order valence-corrected chi connectivity index (χ4v) is 1.14. The molecule has 0 fully saturated rings. The molecule has 0 aliphatic carbocycles. The van der Waals surface area contributed by atoms with Gasteiger partial charge in [0, 0.05) is 0 Å². The van der Waals surface area contributed by atoms with Crippen molar-refractivity contribution in [1.82, 2.24) is 0 Å². The zero-order chi connectivity index (χ0) is 10.3. The first-order chi connectivity index (χ1) is 6.63. The van der Waals surface area contributed by atoms with Crippen LogP contribution in [0.15, 0.2) is 0 Å². The highest BCUT2D eigenvalue weighted by molar-refractivity contribution is 5.44. The zero-order valence-electron chi connectivity index (χ0n) is 6.74. The van der Waals surface area contributed by atoms with Crippen LogP contribution in [0.5, 0.6) is 11.5 Å². The van der Waals surface area contributed by atoms with Crippen molar-refractivity contribution in [2.45, 2.75) is 0 Å². The number of hydrogen-bond acceptors (Lipinski definition) is 2. The predicted octanol–water partition coefficient (Wildman–Crippen LogP) is 2.01. The Labute approximate surface area is 76.0 Å². The first-order valence-electron chi connectivity index (χ1n) is 3.74. The van der Waals surface area contributed by atoms with E-state index >= 15 is 0 Å². The van der Waals surface area contributed by atoms with Gasteiger partial charge in [-0.05, 0) is 0 Å². The van der Waals surface area contributed by atoms with Crippen molar-refractivity contribution in [2.24, 2.45) is 0 Å². The molecule has 0 radical (unpaired) electrons. The average Bonchev–Trinajstić information content (AvgIpc) is 2.23. The highest BCUT2D eigenvalue weighted by atomic mass is 19.2. The van der Waals surface area contributed by atoms with Crippen molar-refractivity contribution < 1.29 is 27.0 Å². The molecular weight excluding hydrogens is 204 g/mol. The summed E-state index contributed by atoms with van der Waals surface area (Å²) in [5.74, 6) is -8.36. The van der Waals surface area contributed by atoms with Crippen LogP contribution in [0, 0.1) is 23.3 Å². The third kappa shape index (κ3) is 1.10. The van der Waals surface area contributed by atoms with Crippen LogP contribution in [0.3, 0.4) is 0 Å². The number of hydrogen-bond donors (Lipinski definition) is 0. The largest absolute Gasteiger partial charge is 0.483 e. The molecule has 0 unspecified atom stereocenters. The average molecular weight is 208 g/mol. The molecule has 6 heteroatoms. The van der Waals surface area contributed by atoms with E-state index in [9.17, 15) is 17.6 Å². The van der Waals surface area contributed by atoms with Crippen LogP contribution < -0.4 is 9.47 Å². The van der Waals surface area contributed by atoms with E-state index in [-0.39, 0.29) is 13.2 Å². The van der Waals surface area contributed by atoms with Gasteiger partial charge in [0.05, 0.1) is 0 Å². The van der Waals surface area contributed by atoms with Gasteiger partial charge in [0.15, 0.2) is 0 Å². The van der Waals surface area contributed by atoms with Gasteiger partial charge in [0.1, 0.15) is 13.2 Å². The lowest BCUT2D eigenvalue weighted by Crippen LogP contribution is -2.19. The van der Waals surface area contributed by atoms with Crippen molar-refractivity contribution in [3.05, 3.63) is 23.3 Å². The zero-order valence-corrected chi connectivity index (χ0v) is 6.74. The Hall–Kier alpha value is -1.46. The Balaban J connectivity index is 2.71. The van der Waals surface area contributed by atoms with Gasteiger partial charge in [-0.25, -0.2) is 8.78 Å². The van der Waals surface area contributed by atoms with Crippen LogP contribution in [0.1, 0.15) is 0 Å². The minimum atomic E-state index is -1.90. The fraction of sp³-hybridized carbons (Fsp3) is 0.250. The number of ether oxygens (including phenoxy) is 2. The van der Waals surface area contributed by atoms with Crippen LogP contribution in [-0.2, 0) is 0 Å². The molecule has 0 saturated heterocycles. The van der Waals surface area contributed by atoms with Gasteiger partial charge in [-0.2, -0.15) is 8.78 Å². The topological polar surface area (TPSA) is 18.5 Å². The lowest BCUT2D eigenvalue weighted by molar-refractivity contribution is 0.151. The molecule has 0 saturated carbocycles. The summed E-state index contributed by atoms with van der Waals surface area (Å²) in [6, 6.07) is 0. The molecule has 1 heterocycles. The summed E-state index contributed by atoms with van der Waals surface area (Å²) < 4.78 is 60.4. The highest BCUT2D eigenvalue weighted by Crippen LogP contribution is 2.38. The maximum atomic E-state index is 12.9. The molecule has 0 bridgehead atoms. The van der Waals surface area contributed by atoms with Crippen LogP contribution in [-0.4, -0.2) is 13.2 Å². The second-order valence-corrected chi connectivity index (χ2v) is 2.61. The Morgan fingerprint density at radius 3 is 1.36 bits per heavy atom. The molecule has 0 atom stereocenters. The molecule has 0 aromatic heterocycles. The van der Waals surface area contributed by atoms with Gasteiger partial charge < -0.3 is 9.47 Å². The number of benzene rings is 1. The lowest BCUT2D eigenvalue weighted by atomic mass is 10.2. The highest BCUT2D eigenvalue weighted by Gasteiger charge is 2.29. The van der Waals surface area contributed by atoms with E-state index in [0.717, 1.165) is 0 Å². The van der Waals surface area contributed by atoms with Crippen LogP contribution in [0.2, 0.25) is 0 Å². The molecule has 0 spiro atoms. The van der Waals surface area contributed by atoms with E-state index in [1.165, 1.54) is 0 Å². The van der Waals surface area contributed by atoms with Gasteiger partial charge in [-0.3, -0.25) is 0 Å². The molecule has 14 heavy (non-hydrogen) atoms. The quantitative estimate of drug-likeness (QED) is 0.369. The summed E-state index contributed by atoms with van der Waals surface area (Å²) in [6.45, 7) is -0.0666. The van der Waals surface area contributed by atoms with Crippen LogP contribution >= 0.6 is 0 Å². The Morgan fingerprint density at radius 1 is 0.643 bits per heavy atom. The van der Waals surface area contributed by atoms with E-state index in [4.69, 9.17) is 0 Å². The van der Waals surface area contributed by atoms with Crippen molar-refractivity contribution >= 4 is 0 Å². The molecule has 1 aliphatic rings. The number of halogens is 4. The van der Waals surface area contributed by atoms with Gasteiger partial charge in [-0.15, -0.1) is 0 Å². The van der Waals surface area contributed by atoms with Gasteiger partial charge in [0.25, 0.3) is 0 Å². The fourth-order valence-electron chi connectivity index (χ4n) is 1.14. The standard InChI is InChI=1S/C8H4F4O2/c9-3-4(10)6(12)8-7(5(3)11)13-1-2-14-8/h1-2H2. The van der Waals surface area contributed by atoms with Gasteiger partial charge in [-0.1, -0.05) is 0 Å². The predicted molar refractivity (Wildman–Crippen MR) is 37.3 cm³/mol. The number of rotatable bonds is 0. The smallest absolute Gasteiger partial charge is 0.207 e. The molecule has 76 valence electrons. The van der Waals surface area contributed by atoms with Crippen molar-refractivity contribution in [1.29, 1.82) is 0 Å². The first kappa shape index (κ1) is 9.11. The molecule has 0 amide bonds. The lowest BCUT2D eigenvalue weighted by Gasteiger charge is -2.19. The van der Waals surface area contributed by atoms with Crippen LogP contribution in [0.4, 0.5) is 17.6 Å². The molecule has 0 N–H and O–H groups in total. The Morgan fingerprint density at radius 2 is 1.00 bits per heavy atom.